The molecule has 0 bridgehead atoms. The van der Waals surface area contributed by atoms with Crippen LogP contribution in [0, 0.1) is 0 Å². The first-order valence-corrected chi connectivity index (χ1v) is 4.11. The number of imidazole rings is 1. The Balaban J connectivity index is 0.00000112. The third-order valence-corrected chi connectivity index (χ3v) is 2.32. The van der Waals surface area contributed by atoms with Crippen LogP contribution in [0.1, 0.15) is 1.43 Å². The predicted octanol–water partition coefficient (Wildman–Crippen LogP) is -3.91. The summed E-state index contributed by atoms with van der Waals surface area (Å²) in [6.07, 6.45) is 1.52. The number of hydrogen-bond donors (Lipinski definition) is 0. The summed E-state index contributed by atoms with van der Waals surface area (Å²) in [7, 11) is 4.77. The molecule has 15 heavy (non-hydrogen) atoms. The summed E-state index contributed by atoms with van der Waals surface area (Å²) >= 11 is 0. The normalized spacial score (nSPS) is 10.3. The van der Waals surface area contributed by atoms with Crippen molar-refractivity contribution in [3.8, 4) is 0 Å². The van der Waals surface area contributed by atoms with E-state index in [-0.39, 0.29) is 42.2 Å². The van der Waals surface area contributed by atoms with Gasteiger partial charge in [-0.3, -0.25) is 13.9 Å². The SMILES string of the molecule is Cn1c(=O)c2c(ncn2C)n(C)c1=O.[H-].[Na+]. The fraction of sp³-hybridized carbons (Fsp3) is 0.375. The third-order valence-electron chi connectivity index (χ3n) is 2.32. The van der Waals surface area contributed by atoms with Crippen LogP contribution in [0.25, 0.3) is 11.2 Å². The van der Waals surface area contributed by atoms with Crippen LogP contribution >= 0.6 is 0 Å². The summed E-state index contributed by atoms with van der Waals surface area (Å²) in [5, 5.41) is 0. The molecule has 0 saturated carbocycles. The van der Waals surface area contributed by atoms with Crippen molar-refractivity contribution in [1.29, 1.82) is 0 Å². The van der Waals surface area contributed by atoms with Gasteiger partial charge in [0.25, 0.3) is 5.56 Å². The van der Waals surface area contributed by atoms with Crippen molar-refractivity contribution in [2.75, 3.05) is 0 Å². The van der Waals surface area contributed by atoms with E-state index in [9.17, 15) is 9.59 Å². The van der Waals surface area contributed by atoms with Gasteiger partial charge in [-0.2, -0.15) is 0 Å². The smallest absolute Gasteiger partial charge is 1.00 e. The molecular formula is C8H11N4NaO2. The van der Waals surface area contributed by atoms with Gasteiger partial charge < -0.3 is 5.99 Å². The fourth-order valence-electron chi connectivity index (χ4n) is 1.47. The van der Waals surface area contributed by atoms with Crippen LogP contribution in [-0.4, -0.2) is 18.7 Å². The maximum atomic E-state index is 11.7. The Bertz CT molecular complexity index is 627. The average molecular weight is 218 g/mol. The molecular weight excluding hydrogens is 207 g/mol. The Morgan fingerprint density at radius 2 is 1.80 bits per heavy atom. The quantitative estimate of drug-likeness (QED) is 0.424. The summed E-state index contributed by atoms with van der Waals surface area (Å²) in [6, 6.07) is 0. The second-order valence-electron chi connectivity index (χ2n) is 3.23. The average Bonchev–Trinajstić information content (AvgIpc) is 2.54. The van der Waals surface area contributed by atoms with Crippen LogP contribution < -0.4 is 40.8 Å². The first kappa shape index (κ1) is 12.2. The van der Waals surface area contributed by atoms with Crippen molar-refractivity contribution in [1.82, 2.24) is 18.7 Å². The second kappa shape index (κ2) is 3.96. The Morgan fingerprint density at radius 1 is 1.20 bits per heavy atom. The van der Waals surface area contributed by atoms with Gasteiger partial charge in [-0.1, -0.05) is 0 Å². The zero-order valence-corrected chi connectivity index (χ0v) is 11.2. The van der Waals surface area contributed by atoms with Gasteiger partial charge in [0.2, 0.25) is 0 Å². The molecule has 2 aromatic heterocycles. The standard InChI is InChI=1S/C8H10N4O2.Na.H/c1-10-4-9-6-5(10)7(13)12(3)8(14)11(6)2;;/h4H,1-3H3;;/q;+1;-1. The van der Waals surface area contributed by atoms with Crippen LogP contribution in [-0.2, 0) is 21.1 Å². The van der Waals surface area contributed by atoms with Crippen molar-refractivity contribution < 1.29 is 31.0 Å². The minimum Gasteiger partial charge on any atom is -1.00 e. The first-order valence-electron chi connectivity index (χ1n) is 4.11. The van der Waals surface area contributed by atoms with E-state index < -0.39 is 0 Å². The van der Waals surface area contributed by atoms with Gasteiger partial charge in [0.1, 0.15) is 0 Å². The van der Waals surface area contributed by atoms with Crippen molar-refractivity contribution >= 4 is 11.2 Å². The Morgan fingerprint density at radius 3 is 2.40 bits per heavy atom. The van der Waals surface area contributed by atoms with Gasteiger partial charge in [0, 0.05) is 21.1 Å². The van der Waals surface area contributed by atoms with E-state index in [2.05, 4.69) is 4.98 Å². The number of fused-ring (bicyclic) bond motifs is 1. The van der Waals surface area contributed by atoms with Crippen molar-refractivity contribution in [3.63, 3.8) is 0 Å². The molecule has 2 heterocycles. The first-order chi connectivity index (χ1) is 6.54. The molecule has 0 spiro atoms. The van der Waals surface area contributed by atoms with E-state index in [0.717, 1.165) is 4.57 Å². The largest absolute Gasteiger partial charge is 1.00 e. The Labute approximate surface area is 109 Å². The van der Waals surface area contributed by atoms with Gasteiger partial charge in [-0.05, 0) is 0 Å². The summed E-state index contributed by atoms with van der Waals surface area (Å²) in [4.78, 5) is 27.2. The minimum atomic E-state index is -0.360. The maximum Gasteiger partial charge on any atom is 1.00 e. The summed E-state index contributed by atoms with van der Waals surface area (Å²) < 4.78 is 4.04. The number of aromatic nitrogens is 4. The van der Waals surface area contributed by atoms with E-state index in [1.54, 1.807) is 18.7 Å². The van der Waals surface area contributed by atoms with Gasteiger partial charge in [-0.15, -0.1) is 0 Å². The summed E-state index contributed by atoms with van der Waals surface area (Å²) in [6.45, 7) is 0. The monoisotopic (exact) mass is 218 g/mol. The molecule has 0 aliphatic heterocycles. The molecule has 0 aliphatic carbocycles. The van der Waals surface area contributed by atoms with E-state index in [4.69, 9.17) is 0 Å². The molecule has 0 saturated heterocycles. The minimum absolute atomic E-state index is 0. The molecule has 76 valence electrons. The molecule has 0 aliphatic rings. The zero-order chi connectivity index (χ0) is 10.5. The summed E-state index contributed by atoms with van der Waals surface area (Å²) in [5.41, 5.74) is 0.180. The zero-order valence-electron chi connectivity index (χ0n) is 10.2. The van der Waals surface area contributed by atoms with E-state index in [1.165, 1.54) is 17.9 Å². The molecule has 0 unspecified atom stereocenters. The number of rotatable bonds is 0. The third kappa shape index (κ3) is 1.58. The van der Waals surface area contributed by atoms with E-state index in [0.29, 0.717) is 11.2 Å². The van der Waals surface area contributed by atoms with Gasteiger partial charge in [0.05, 0.1) is 6.33 Å². The van der Waals surface area contributed by atoms with Crippen LogP contribution in [0.3, 0.4) is 0 Å². The molecule has 6 nitrogen and oxygen atoms in total. The Kier molecular flexibility index (Phi) is 3.22. The molecule has 0 aromatic carbocycles. The molecule has 7 heteroatoms. The Hall–Kier alpha value is -0.850. The molecule has 0 fully saturated rings. The van der Waals surface area contributed by atoms with Gasteiger partial charge in [-0.25, -0.2) is 9.78 Å². The van der Waals surface area contributed by atoms with Crippen molar-refractivity contribution in [2.24, 2.45) is 21.1 Å². The van der Waals surface area contributed by atoms with Gasteiger partial charge in [0.15, 0.2) is 11.2 Å². The predicted molar refractivity (Wildman–Crippen MR) is 52.3 cm³/mol. The fourth-order valence-corrected chi connectivity index (χ4v) is 1.47. The summed E-state index contributed by atoms with van der Waals surface area (Å²) in [5.74, 6) is 0. The van der Waals surface area contributed by atoms with Crippen LogP contribution in [0.5, 0.6) is 0 Å². The number of nitrogens with zero attached hydrogens (tertiary/aromatic N) is 4. The number of hydrogen-bond acceptors (Lipinski definition) is 3. The molecule has 2 rings (SSSR count). The molecule has 0 atom stereocenters. The molecule has 0 radical (unpaired) electrons. The molecule has 0 N–H and O–H groups in total. The molecule has 2 aromatic rings. The van der Waals surface area contributed by atoms with Crippen molar-refractivity contribution in [2.45, 2.75) is 0 Å². The van der Waals surface area contributed by atoms with Crippen LogP contribution in [0.4, 0.5) is 0 Å². The topological polar surface area (TPSA) is 61.8 Å². The van der Waals surface area contributed by atoms with Gasteiger partial charge >= 0.3 is 35.2 Å². The molecule has 0 amide bonds. The van der Waals surface area contributed by atoms with E-state index in [1.807, 2.05) is 0 Å². The van der Waals surface area contributed by atoms with Crippen LogP contribution in [0.15, 0.2) is 15.9 Å². The maximum absolute atomic E-state index is 11.7. The van der Waals surface area contributed by atoms with Crippen LogP contribution in [0.2, 0.25) is 0 Å². The number of aryl methyl sites for hydroxylation is 2. The van der Waals surface area contributed by atoms with Crippen molar-refractivity contribution in [3.05, 3.63) is 27.2 Å². The second-order valence-corrected chi connectivity index (χ2v) is 3.23. The van der Waals surface area contributed by atoms with E-state index >= 15 is 0 Å².